The first-order valence-electron chi connectivity index (χ1n) is 6.53. The summed E-state index contributed by atoms with van der Waals surface area (Å²) in [5.74, 6) is -0.0305. The molecular weight excluding hydrogens is 273 g/mol. The number of pyridine rings is 1. The van der Waals surface area contributed by atoms with E-state index in [4.69, 9.17) is 4.74 Å². The maximum atomic E-state index is 12.0. The van der Waals surface area contributed by atoms with Gasteiger partial charge in [0, 0.05) is 25.3 Å². The third-order valence-electron chi connectivity index (χ3n) is 2.94. The van der Waals surface area contributed by atoms with E-state index in [0.717, 1.165) is 38.2 Å². The van der Waals surface area contributed by atoms with Crippen molar-refractivity contribution in [2.45, 2.75) is 31.5 Å². The van der Waals surface area contributed by atoms with Gasteiger partial charge in [0.1, 0.15) is 0 Å². The minimum atomic E-state index is -4.35. The van der Waals surface area contributed by atoms with E-state index in [1.165, 1.54) is 12.3 Å². The van der Waals surface area contributed by atoms with Crippen molar-refractivity contribution in [2.24, 2.45) is 0 Å². The fourth-order valence-electron chi connectivity index (χ4n) is 1.99. The van der Waals surface area contributed by atoms with Crippen LogP contribution in [0.25, 0.3) is 0 Å². The molecule has 2 heterocycles. The number of nitrogens with zero attached hydrogens (tertiary/aromatic N) is 1. The monoisotopic (exact) mass is 290 g/mol. The lowest BCUT2D eigenvalue weighted by Gasteiger charge is -2.17. The van der Waals surface area contributed by atoms with Crippen molar-refractivity contribution >= 4 is 5.69 Å². The number of hydrogen-bond acceptors (Lipinski definition) is 4. The van der Waals surface area contributed by atoms with Crippen molar-refractivity contribution in [3.8, 4) is 5.88 Å². The Balaban J connectivity index is 1.84. The molecule has 0 saturated carbocycles. The Kier molecular flexibility index (Phi) is 5.05. The summed E-state index contributed by atoms with van der Waals surface area (Å²) in [6.45, 7) is 0.172. The second-order valence-electron chi connectivity index (χ2n) is 4.67. The molecule has 1 aliphatic rings. The van der Waals surface area contributed by atoms with E-state index < -0.39 is 12.8 Å². The highest BCUT2D eigenvalue weighted by Gasteiger charge is 2.28. The molecule has 0 bridgehead atoms. The van der Waals surface area contributed by atoms with Gasteiger partial charge in [-0.3, -0.25) is 0 Å². The van der Waals surface area contributed by atoms with Crippen LogP contribution in [0.15, 0.2) is 18.3 Å². The summed E-state index contributed by atoms with van der Waals surface area (Å²) in [7, 11) is 0. The Hall–Kier alpha value is -1.50. The number of halogens is 3. The first-order chi connectivity index (χ1) is 9.53. The number of hydrogen-bond donors (Lipinski definition) is 1. The molecule has 1 saturated heterocycles. The molecule has 1 aromatic rings. The lowest BCUT2D eigenvalue weighted by atomic mass is 10.1. The molecule has 1 aromatic heterocycles. The normalized spacial score (nSPS) is 20.2. The van der Waals surface area contributed by atoms with Gasteiger partial charge in [-0.15, -0.1) is 0 Å². The highest BCUT2D eigenvalue weighted by molar-refractivity contribution is 5.43. The van der Waals surface area contributed by atoms with E-state index in [1.54, 1.807) is 6.07 Å². The van der Waals surface area contributed by atoms with Crippen LogP contribution in [0.4, 0.5) is 18.9 Å². The second-order valence-corrected chi connectivity index (χ2v) is 4.67. The average Bonchev–Trinajstić information content (AvgIpc) is 2.66. The third-order valence-corrected chi connectivity index (χ3v) is 2.94. The molecule has 1 unspecified atom stereocenters. The Morgan fingerprint density at radius 2 is 2.15 bits per heavy atom. The molecule has 0 aliphatic carbocycles. The lowest BCUT2D eigenvalue weighted by Crippen LogP contribution is -2.20. The summed E-state index contributed by atoms with van der Waals surface area (Å²) >= 11 is 0. The van der Waals surface area contributed by atoms with E-state index in [9.17, 15) is 13.2 Å². The predicted octanol–water partition coefficient (Wildman–Crippen LogP) is 3.00. The summed E-state index contributed by atoms with van der Waals surface area (Å²) in [5.41, 5.74) is 0.774. The van der Waals surface area contributed by atoms with Crippen molar-refractivity contribution in [1.82, 2.24) is 4.98 Å². The summed E-state index contributed by atoms with van der Waals surface area (Å²) in [4.78, 5) is 3.85. The van der Waals surface area contributed by atoms with Crippen molar-refractivity contribution in [3.05, 3.63) is 18.3 Å². The highest BCUT2D eigenvalue weighted by atomic mass is 19.4. The molecule has 1 aliphatic heterocycles. The van der Waals surface area contributed by atoms with Gasteiger partial charge in [0.25, 0.3) is 0 Å². The number of aromatic nitrogens is 1. The highest BCUT2D eigenvalue weighted by Crippen LogP contribution is 2.19. The smallest absolute Gasteiger partial charge is 0.422 e. The molecule has 7 heteroatoms. The van der Waals surface area contributed by atoms with Gasteiger partial charge in [-0.25, -0.2) is 4.98 Å². The number of ether oxygens (including phenoxy) is 2. The fraction of sp³-hybridized carbons (Fsp3) is 0.615. The zero-order chi connectivity index (χ0) is 14.4. The van der Waals surface area contributed by atoms with E-state index in [-0.39, 0.29) is 5.88 Å². The van der Waals surface area contributed by atoms with Crippen molar-refractivity contribution in [1.29, 1.82) is 0 Å². The fourth-order valence-corrected chi connectivity index (χ4v) is 1.99. The summed E-state index contributed by atoms with van der Waals surface area (Å²) < 4.78 is 45.9. The average molecular weight is 290 g/mol. The van der Waals surface area contributed by atoms with Gasteiger partial charge in [-0.2, -0.15) is 13.2 Å². The first kappa shape index (κ1) is 14.9. The van der Waals surface area contributed by atoms with Crippen LogP contribution in [0.3, 0.4) is 0 Å². The maximum absolute atomic E-state index is 12.0. The molecule has 2 rings (SSSR count). The van der Waals surface area contributed by atoms with Crippen LogP contribution in [0, 0.1) is 0 Å². The molecule has 4 nitrogen and oxygen atoms in total. The van der Waals surface area contributed by atoms with Crippen molar-refractivity contribution in [2.75, 3.05) is 25.1 Å². The third kappa shape index (κ3) is 5.24. The van der Waals surface area contributed by atoms with Crippen LogP contribution in [-0.2, 0) is 4.74 Å². The van der Waals surface area contributed by atoms with Crippen LogP contribution >= 0.6 is 0 Å². The van der Waals surface area contributed by atoms with Gasteiger partial charge in [0.05, 0.1) is 11.9 Å². The molecule has 1 fully saturated rings. The van der Waals surface area contributed by atoms with Gasteiger partial charge in [-0.1, -0.05) is 0 Å². The first-order valence-corrected chi connectivity index (χ1v) is 6.53. The number of alkyl halides is 3. The van der Waals surface area contributed by atoms with E-state index in [0.29, 0.717) is 6.04 Å². The van der Waals surface area contributed by atoms with E-state index in [2.05, 4.69) is 15.0 Å². The Bertz CT molecular complexity index is 401. The quantitative estimate of drug-likeness (QED) is 0.925. The SMILES string of the molecule is FC(F)(F)COc1ccc(NC2CCCOCC2)cn1. The molecule has 1 atom stereocenters. The van der Waals surface area contributed by atoms with E-state index in [1.807, 2.05) is 0 Å². The lowest BCUT2D eigenvalue weighted by molar-refractivity contribution is -0.154. The summed E-state index contributed by atoms with van der Waals surface area (Å²) in [6, 6.07) is 3.41. The molecule has 20 heavy (non-hydrogen) atoms. The second kappa shape index (κ2) is 6.78. The van der Waals surface area contributed by atoms with Gasteiger partial charge in [0.15, 0.2) is 6.61 Å². The molecule has 0 spiro atoms. The van der Waals surface area contributed by atoms with Crippen LogP contribution < -0.4 is 10.1 Å². The maximum Gasteiger partial charge on any atom is 0.422 e. The summed E-state index contributed by atoms with van der Waals surface area (Å²) in [5, 5.41) is 3.30. The van der Waals surface area contributed by atoms with Gasteiger partial charge >= 0.3 is 6.18 Å². The minimum Gasteiger partial charge on any atom is -0.468 e. The predicted molar refractivity (Wildman–Crippen MR) is 67.9 cm³/mol. The molecule has 1 N–H and O–H groups in total. The van der Waals surface area contributed by atoms with Crippen LogP contribution in [0.1, 0.15) is 19.3 Å². The van der Waals surface area contributed by atoms with Crippen LogP contribution in [0.2, 0.25) is 0 Å². The van der Waals surface area contributed by atoms with Crippen molar-refractivity contribution in [3.63, 3.8) is 0 Å². The largest absolute Gasteiger partial charge is 0.468 e. The van der Waals surface area contributed by atoms with Crippen LogP contribution in [0.5, 0.6) is 5.88 Å². The van der Waals surface area contributed by atoms with Crippen molar-refractivity contribution < 1.29 is 22.6 Å². The van der Waals surface area contributed by atoms with Gasteiger partial charge < -0.3 is 14.8 Å². The Morgan fingerprint density at radius 3 is 2.85 bits per heavy atom. The molecule has 0 aromatic carbocycles. The zero-order valence-corrected chi connectivity index (χ0v) is 10.9. The molecule has 0 radical (unpaired) electrons. The van der Waals surface area contributed by atoms with Crippen LogP contribution in [-0.4, -0.2) is 37.0 Å². The van der Waals surface area contributed by atoms with E-state index >= 15 is 0 Å². The number of rotatable bonds is 4. The standard InChI is InChI=1S/C13H17F3N2O2/c14-13(15,16)9-20-12-4-3-11(8-17-12)18-10-2-1-6-19-7-5-10/h3-4,8,10,18H,1-2,5-7,9H2. The zero-order valence-electron chi connectivity index (χ0n) is 10.9. The topological polar surface area (TPSA) is 43.4 Å². The molecule has 112 valence electrons. The molecule has 0 amide bonds. The Labute approximate surface area is 115 Å². The Morgan fingerprint density at radius 1 is 1.30 bits per heavy atom. The number of anilines is 1. The number of nitrogens with one attached hydrogen (secondary N) is 1. The molecular formula is C13H17F3N2O2. The van der Waals surface area contributed by atoms with Gasteiger partial charge in [-0.05, 0) is 25.3 Å². The van der Waals surface area contributed by atoms with Gasteiger partial charge in [0.2, 0.25) is 5.88 Å². The summed E-state index contributed by atoms with van der Waals surface area (Å²) in [6.07, 6.45) is 0.0485. The minimum absolute atomic E-state index is 0.0305.